The zero-order valence-corrected chi connectivity index (χ0v) is 19.3. The number of nitrogens with zero attached hydrogens (tertiary/aromatic N) is 3. The van der Waals surface area contributed by atoms with Gasteiger partial charge in [0.05, 0.1) is 11.6 Å². The Morgan fingerprint density at radius 2 is 1.94 bits per heavy atom. The molecular weight excluding hydrogens is 436 g/mol. The molecule has 2 aromatic carbocycles. The maximum absolute atomic E-state index is 13.4. The first kappa shape index (κ1) is 21.3. The molecule has 168 valence electrons. The first-order valence-electron chi connectivity index (χ1n) is 11.0. The Labute approximate surface area is 197 Å². The summed E-state index contributed by atoms with van der Waals surface area (Å²) in [5, 5.41) is 4.77. The summed E-state index contributed by atoms with van der Waals surface area (Å²) in [6, 6.07) is 19.6. The highest BCUT2D eigenvalue weighted by atomic mass is 35.5. The maximum atomic E-state index is 13.4. The normalized spacial score (nSPS) is 16.3. The van der Waals surface area contributed by atoms with E-state index in [-0.39, 0.29) is 11.9 Å². The van der Waals surface area contributed by atoms with Crippen LogP contribution in [0.25, 0.3) is 11.0 Å². The molecule has 6 nitrogen and oxygen atoms in total. The van der Waals surface area contributed by atoms with Gasteiger partial charge in [0.2, 0.25) is 0 Å². The van der Waals surface area contributed by atoms with E-state index in [1.54, 1.807) is 24.5 Å². The number of pyridine rings is 1. The number of hydrogen-bond donors (Lipinski definition) is 1. The van der Waals surface area contributed by atoms with Crippen LogP contribution in [0, 0.1) is 6.92 Å². The first-order valence-corrected chi connectivity index (χ1v) is 11.4. The topological polar surface area (TPSA) is 61.6 Å². The monoisotopic (exact) mass is 460 g/mol. The summed E-state index contributed by atoms with van der Waals surface area (Å²) in [7, 11) is 0. The van der Waals surface area contributed by atoms with Gasteiger partial charge in [-0.25, -0.2) is 4.98 Å². The zero-order chi connectivity index (χ0) is 22.9. The molecule has 0 saturated carbocycles. The third-order valence-electron chi connectivity index (χ3n) is 6.02. The number of furan rings is 1. The smallest absolute Gasteiger partial charge is 0.272 e. The molecule has 0 bridgehead atoms. The van der Waals surface area contributed by atoms with Crippen LogP contribution < -0.4 is 10.2 Å². The second kappa shape index (κ2) is 8.79. The number of aromatic nitrogens is 1. The minimum absolute atomic E-state index is 0.0943. The molecule has 1 amide bonds. The van der Waals surface area contributed by atoms with Crippen LogP contribution >= 0.6 is 11.6 Å². The van der Waals surface area contributed by atoms with Gasteiger partial charge in [0.25, 0.3) is 5.91 Å². The fourth-order valence-corrected chi connectivity index (χ4v) is 4.46. The summed E-state index contributed by atoms with van der Waals surface area (Å²) < 4.78 is 5.62. The predicted octanol–water partition coefficient (Wildman–Crippen LogP) is 5.88. The quantitative estimate of drug-likeness (QED) is 0.411. The Balaban J connectivity index is 1.38. The largest absolute Gasteiger partial charge is 0.464 e. The molecule has 7 heteroatoms. The number of fused-ring (bicyclic) bond motifs is 1. The molecule has 1 aliphatic rings. The van der Waals surface area contributed by atoms with Crippen LogP contribution in [0.3, 0.4) is 0 Å². The number of amides is 1. The Morgan fingerprint density at radius 3 is 2.70 bits per heavy atom. The van der Waals surface area contributed by atoms with Gasteiger partial charge in [-0.3, -0.25) is 4.79 Å². The van der Waals surface area contributed by atoms with E-state index in [0.717, 1.165) is 17.6 Å². The SMILES string of the molecule is Cc1cccc(N2CCN(C(=O)c3cc4occc4c(Nc4ccc(Cl)cc4)n3)CC2C)c1. The molecule has 5 rings (SSSR count). The van der Waals surface area contributed by atoms with E-state index >= 15 is 0 Å². The Bertz CT molecular complexity index is 1300. The number of piperazine rings is 1. The third-order valence-corrected chi connectivity index (χ3v) is 6.28. The molecule has 1 saturated heterocycles. The van der Waals surface area contributed by atoms with Crippen molar-refractivity contribution in [3.05, 3.63) is 83.2 Å². The molecule has 1 aliphatic heterocycles. The lowest BCUT2D eigenvalue weighted by Gasteiger charge is -2.41. The molecule has 3 heterocycles. The molecular formula is C26H25ClN4O2. The summed E-state index contributed by atoms with van der Waals surface area (Å²) in [5.74, 6) is 0.488. The number of benzene rings is 2. The maximum Gasteiger partial charge on any atom is 0.272 e. The van der Waals surface area contributed by atoms with E-state index in [4.69, 9.17) is 16.0 Å². The molecule has 1 fully saturated rings. The van der Waals surface area contributed by atoms with E-state index in [1.165, 1.54) is 11.3 Å². The van der Waals surface area contributed by atoms with Gasteiger partial charge in [0, 0.05) is 48.1 Å². The Kier molecular flexibility index (Phi) is 5.68. The minimum atomic E-state index is -0.0943. The summed E-state index contributed by atoms with van der Waals surface area (Å²) in [6.07, 6.45) is 1.61. The van der Waals surface area contributed by atoms with Crippen LogP contribution in [0.15, 0.2) is 71.3 Å². The van der Waals surface area contributed by atoms with Crippen LogP contribution in [-0.2, 0) is 0 Å². The summed E-state index contributed by atoms with van der Waals surface area (Å²) >= 11 is 6.00. The van der Waals surface area contributed by atoms with Gasteiger partial charge in [0.15, 0.2) is 0 Å². The summed E-state index contributed by atoms with van der Waals surface area (Å²) in [5.41, 5.74) is 4.25. The fraction of sp³-hybridized carbons (Fsp3) is 0.231. The van der Waals surface area contributed by atoms with Gasteiger partial charge in [-0.2, -0.15) is 0 Å². The number of nitrogens with one attached hydrogen (secondary N) is 1. The van der Waals surface area contributed by atoms with Crippen molar-refractivity contribution in [1.29, 1.82) is 0 Å². The number of aryl methyl sites for hydroxylation is 1. The van der Waals surface area contributed by atoms with E-state index in [0.29, 0.717) is 35.2 Å². The average molecular weight is 461 g/mol. The molecule has 1 unspecified atom stereocenters. The Morgan fingerprint density at radius 1 is 1.12 bits per heavy atom. The molecule has 0 spiro atoms. The lowest BCUT2D eigenvalue weighted by molar-refractivity contribution is 0.0720. The van der Waals surface area contributed by atoms with Crippen molar-refractivity contribution in [2.45, 2.75) is 19.9 Å². The van der Waals surface area contributed by atoms with Crippen molar-refractivity contribution in [2.24, 2.45) is 0 Å². The van der Waals surface area contributed by atoms with Gasteiger partial charge in [-0.15, -0.1) is 0 Å². The van der Waals surface area contributed by atoms with Crippen molar-refractivity contribution in [1.82, 2.24) is 9.88 Å². The molecule has 4 aromatic rings. The van der Waals surface area contributed by atoms with Gasteiger partial charge >= 0.3 is 0 Å². The minimum Gasteiger partial charge on any atom is -0.464 e. The number of carbonyl (C=O) groups excluding carboxylic acids is 1. The van der Waals surface area contributed by atoms with Crippen molar-refractivity contribution < 1.29 is 9.21 Å². The van der Waals surface area contributed by atoms with Gasteiger partial charge in [-0.05, 0) is 61.9 Å². The molecule has 1 N–H and O–H groups in total. The molecule has 0 aliphatic carbocycles. The summed E-state index contributed by atoms with van der Waals surface area (Å²) in [6.45, 7) is 6.28. The Hall–Kier alpha value is -3.51. The predicted molar refractivity (Wildman–Crippen MR) is 133 cm³/mol. The third kappa shape index (κ3) is 4.39. The second-order valence-electron chi connectivity index (χ2n) is 8.45. The molecule has 33 heavy (non-hydrogen) atoms. The summed E-state index contributed by atoms with van der Waals surface area (Å²) in [4.78, 5) is 22.3. The van der Waals surface area contributed by atoms with Gasteiger partial charge in [0.1, 0.15) is 17.1 Å². The average Bonchev–Trinajstić information content (AvgIpc) is 3.29. The highest BCUT2D eigenvalue weighted by molar-refractivity contribution is 6.30. The number of carbonyl (C=O) groups is 1. The van der Waals surface area contributed by atoms with E-state index in [9.17, 15) is 4.79 Å². The molecule has 2 aromatic heterocycles. The van der Waals surface area contributed by atoms with Crippen molar-refractivity contribution in [2.75, 3.05) is 29.9 Å². The van der Waals surface area contributed by atoms with Crippen LogP contribution in [0.5, 0.6) is 0 Å². The van der Waals surface area contributed by atoms with Crippen molar-refractivity contribution in [3.63, 3.8) is 0 Å². The van der Waals surface area contributed by atoms with E-state index < -0.39 is 0 Å². The first-order chi connectivity index (χ1) is 16.0. The fourth-order valence-electron chi connectivity index (χ4n) is 4.33. The lowest BCUT2D eigenvalue weighted by Crippen LogP contribution is -2.54. The van der Waals surface area contributed by atoms with Gasteiger partial charge < -0.3 is 19.5 Å². The van der Waals surface area contributed by atoms with Crippen molar-refractivity contribution in [3.8, 4) is 0 Å². The zero-order valence-electron chi connectivity index (χ0n) is 18.6. The van der Waals surface area contributed by atoms with E-state index in [2.05, 4.69) is 53.3 Å². The molecule has 1 atom stereocenters. The number of anilines is 3. The lowest BCUT2D eigenvalue weighted by atomic mass is 10.1. The molecule has 0 radical (unpaired) electrons. The highest BCUT2D eigenvalue weighted by Gasteiger charge is 2.29. The highest BCUT2D eigenvalue weighted by Crippen LogP contribution is 2.28. The second-order valence-corrected chi connectivity index (χ2v) is 8.89. The van der Waals surface area contributed by atoms with Crippen LogP contribution in [0.2, 0.25) is 5.02 Å². The number of halogens is 1. The van der Waals surface area contributed by atoms with Crippen LogP contribution in [-0.4, -0.2) is 41.5 Å². The van der Waals surface area contributed by atoms with Gasteiger partial charge in [-0.1, -0.05) is 23.7 Å². The van der Waals surface area contributed by atoms with E-state index in [1.807, 2.05) is 23.1 Å². The van der Waals surface area contributed by atoms with Crippen LogP contribution in [0.1, 0.15) is 23.0 Å². The van der Waals surface area contributed by atoms with Crippen LogP contribution in [0.4, 0.5) is 17.2 Å². The number of rotatable bonds is 4. The number of hydrogen-bond acceptors (Lipinski definition) is 5. The standard InChI is InChI=1S/C26H25ClN4O2/c1-17-4-3-5-21(14-17)31-12-11-30(16-18(31)2)26(32)23-15-24-22(10-13-33-24)25(29-23)28-20-8-6-19(27)7-9-20/h3-10,13-15,18H,11-12,16H2,1-2H3,(H,28,29). The van der Waals surface area contributed by atoms with Crippen molar-refractivity contribution >= 4 is 45.7 Å².